The maximum absolute atomic E-state index is 3.82. The van der Waals surface area contributed by atoms with Crippen molar-refractivity contribution in [3.05, 3.63) is 0 Å². The van der Waals surface area contributed by atoms with Gasteiger partial charge in [-0.15, -0.1) is 0 Å². The van der Waals surface area contributed by atoms with Gasteiger partial charge in [0.25, 0.3) is 0 Å². The van der Waals surface area contributed by atoms with Crippen molar-refractivity contribution >= 4 is 21.7 Å². The third-order valence-electron chi connectivity index (χ3n) is 3.33. The summed E-state index contributed by atoms with van der Waals surface area (Å²) in [4.78, 5) is 2.54. The predicted octanol–water partition coefficient (Wildman–Crippen LogP) is 0.903. The summed E-state index contributed by atoms with van der Waals surface area (Å²) < 4.78 is 6.86. The molecule has 0 aromatic heterocycles. The van der Waals surface area contributed by atoms with E-state index in [2.05, 4.69) is 27.4 Å². The monoisotopic (exact) mass is 315 g/mol. The number of nitrogens with zero attached hydrogens (tertiary/aromatic N) is 1. The molecular weight excluding hydrogens is 289 g/mol. The normalized spacial score (nSPS) is 18.2. The first-order valence-corrected chi connectivity index (χ1v) is 12.8. The standard InChI is InChI=1S/C7H16N.C4H10N2.In/c1-4-7-8(5-2)6-3;1-2-6-4-3-5;/h1,4-7H2,2-3H3;5-6H,1-4H2;/q;-1;+1. The van der Waals surface area contributed by atoms with Gasteiger partial charge in [-0.05, 0) is 0 Å². The van der Waals surface area contributed by atoms with Crippen molar-refractivity contribution in [3.63, 3.8) is 0 Å². The van der Waals surface area contributed by atoms with Gasteiger partial charge in [0, 0.05) is 0 Å². The van der Waals surface area contributed by atoms with Crippen LogP contribution in [0.3, 0.4) is 0 Å². The Morgan fingerprint density at radius 2 is 1.93 bits per heavy atom. The van der Waals surface area contributed by atoms with Crippen LogP contribution in [0.1, 0.15) is 20.3 Å². The van der Waals surface area contributed by atoms with Crippen molar-refractivity contribution in [1.82, 2.24) is 13.5 Å². The van der Waals surface area contributed by atoms with E-state index in [4.69, 9.17) is 0 Å². The minimum absolute atomic E-state index is 1.18. The summed E-state index contributed by atoms with van der Waals surface area (Å²) in [6.45, 7) is 12.0. The summed E-state index contributed by atoms with van der Waals surface area (Å²) in [5.41, 5.74) is 0. The molecule has 0 radical (unpaired) electrons. The molecular formula is C11H26InN3. The van der Waals surface area contributed by atoms with Crippen LogP contribution in [-0.4, -0.2) is 65.9 Å². The van der Waals surface area contributed by atoms with Crippen molar-refractivity contribution in [2.75, 3.05) is 39.3 Å². The Morgan fingerprint density at radius 1 is 1.13 bits per heavy atom. The summed E-state index contributed by atoms with van der Waals surface area (Å²) in [6.07, 6.45) is 1.43. The Bertz CT molecular complexity index is 143. The number of nitrogens with one attached hydrogen (secondary N) is 2. The molecule has 0 unspecified atom stereocenters. The second-order valence-corrected chi connectivity index (χ2v) is 12.8. The molecule has 88 valence electrons. The van der Waals surface area contributed by atoms with Gasteiger partial charge in [-0.1, -0.05) is 0 Å². The Hall–Kier alpha value is 0.750. The summed E-state index contributed by atoms with van der Waals surface area (Å²) in [7, 11) is 0. The van der Waals surface area contributed by atoms with E-state index in [0.717, 1.165) is 0 Å². The maximum atomic E-state index is 3.82. The SMILES string of the molecule is CCN(CC)CC[CH2][In]1[CH2]CNCC[NH]1. The third-order valence-corrected chi connectivity index (χ3v) is 11.8. The molecule has 0 amide bonds. The van der Waals surface area contributed by atoms with Crippen LogP contribution in [0.25, 0.3) is 0 Å². The van der Waals surface area contributed by atoms with E-state index >= 15 is 0 Å². The molecule has 0 bridgehead atoms. The van der Waals surface area contributed by atoms with Crippen LogP contribution in [0.2, 0.25) is 8.35 Å². The number of hydrogen-bond donors (Lipinski definition) is 2. The van der Waals surface area contributed by atoms with Crippen molar-refractivity contribution in [3.8, 4) is 0 Å². The van der Waals surface area contributed by atoms with Crippen molar-refractivity contribution < 1.29 is 0 Å². The van der Waals surface area contributed by atoms with Crippen LogP contribution >= 0.6 is 0 Å². The molecule has 1 fully saturated rings. The quantitative estimate of drug-likeness (QED) is 0.763. The molecule has 3 nitrogen and oxygen atoms in total. The predicted molar refractivity (Wildman–Crippen MR) is 68.6 cm³/mol. The Morgan fingerprint density at radius 3 is 2.67 bits per heavy atom. The van der Waals surface area contributed by atoms with E-state index in [0.29, 0.717) is 0 Å². The molecule has 0 atom stereocenters. The molecule has 1 rings (SSSR count). The van der Waals surface area contributed by atoms with Crippen LogP contribution in [0.4, 0.5) is 0 Å². The van der Waals surface area contributed by atoms with Crippen LogP contribution < -0.4 is 8.62 Å². The molecule has 0 saturated carbocycles. The zero-order valence-corrected chi connectivity index (χ0v) is 13.7. The van der Waals surface area contributed by atoms with E-state index in [1.807, 2.05) is 0 Å². The Labute approximate surface area is 103 Å². The van der Waals surface area contributed by atoms with E-state index in [9.17, 15) is 0 Å². The molecule has 4 heteroatoms. The first-order chi connectivity index (χ1) is 7.36. The summed E-state index contributed by atoms with van der Waals surface area (Å²) in [5.74, 6) is 0. The van der Waals surface area contributed by atoms with Crippen molar-refractivity contribution in [2.45, 2.75) is 28.6 Å². The van der Waals surface area contributed by atoms with E-state index in [1.54, 1.807) is 4.18 Å². The molecule has 15 heavy (non-hydrogen) atoms. The minimum atomic E-state index is -1.28. The van der Waals surface area contributed by atoms with Gasteiger partial charge < -0.3 is 0 Å². The van der Waals surface area contributed by atoms with Gasteiger partial charge in [0.15, 0.2) is 0 Å². The zero-order chi connectivity index (χ0) is 10.9. The van der Waals surface area contributed by atoms with E-state index in [-0.39, 0.29) is 0 Å². The van der Waals surface area contributed by atoms with Crippen molar-refractivity contribution in [2.24, 2.45) is 0 Å². The van der Waals surface area contributed by atoms with Crippen LogP contribution in [0.15, 0.2) is 0 Å². The molecule has 0 aromatic carbocycles. The zero-order valence-electron chi connectivity index (χ0n) is 10.4. The summed E-state index contributed by atoms with van der Waals surface area (Å²) >= 11 is -1.28. The third kappa shape index (κ3) is 6.15. The second kappa shape index (κ2) is 8.85. The van der Waals surface area contributed by atoms with Gasteiger partial charge in [-0.25, -0.2) is 0 Å². The molecule has 2 N–H and O–H groups in total. The van der Waals surface area contributed by atoms with Gasteiger partial charge >= 0.3 is 103 Å². The molecule has 0 aliphatic carbocycles. The number of hydrogen-bond acceptors (Lipinski definition) is 3. The van der Waals surface area contributed by atoms with E-state index in [1.165, 1.54) is 49.9 Å². The molecule has 0 aromatic rings. The van der Waals surface area contributed by atoms with Crippen LogP contribution in [-0.2, 0) is 0 Å². The first-order valence-electron chi connectivity index (χ1n) is 6.53. The Kier molecular flexibility index (Phi) is 8.15. The van der Waals surface area contributed by atoms with Crippen molar-refractivity contribution in [1.29, 1.82) is 0 Å². The topological polar surface area (TPSA) is 27.3 Å². The fourth-order valence-electron chi connectivity index (χ4n) is 2.22. The summed E-state index contributed by atoms with van der Waals surface area (Å²) in [6, 6.07) is 0. The molecule has 1 aliphatic heterocycles. The van der Waals surface area contributed by atoms with Gasteiger partial charge in [-0.2, -0.15) is 0 Å². The van der Waals surface area contributed by atoms with Gasteiger partial charge in [-0.3, -0.25) is 0 Å². The van der Waals surface area contributed by atoms with Gasteiger partial charge in [0.1, 0.15) is 0 Å². The van der Waals surface area contributed by atoms with Crippen LogP contribution in [0.5, 0.6) is 0 Å². The molecule has 1 aliphatic rings. The van der Waals surface area contributed by atoms with Gasteiger partial charge in [0.05, 0.1) is 0 Å². The molecule has 1 heterocycles. The van der Waals surface area contributed by atoms with Gasteiger partial charge in [0.2, 0.25) is 0 Å². The Balaban J connectivity index is 2.07. The average Bonchev–Trinajstić information content (AvgIpc) is 2.53. The van der Waals surface area contributed by atoms with Crippen LogP contribution in [0, 0.1) is 0 Å². The molecule has 0 spiro atoms. The number of rotatable bonds is 6. The fraction of sp³-hybridized carbons (Fsp3) is 1.00. The fourth-order valence-corrected chi connectivity index (χ4v) is 9.29. The van der Waals surface area contributed by atoms with E-state index < -0.39 is 21.7 Å². The summed E-state index contributed by atoms with van der Waals surface area (Å²) in [5, 5.41) is 3.48. The average molecular weight is 315 g/mol. The second-order valence-electron chi connectivity index (χ2n) is 4.36. The molecule has 1 saturated heterocycles. The first kappa shape index (κ1) is 13.8.